The van der Waals surface area contributed by atoms with Gasteiger partial charge in [0, 0.05) is 5.69 Å². The van der Waals surface area contributed by atoms with Crippen LogP contribution in [0.3, 0.4) is 0 Å². The van der Waals surface area contributed by atoms with E-state index in [0.29, 0.717) is 12.0 Å². The summed E-state index contributed by atoms with van der Waals surface area (Å²) >= 11 is 0. The predicted molar refractivity (Wildman–Crippen MR) is 74.2 cm³/mol. The number of aryl methyl sites for hydroxylation is 1. The molecule has 0 saturated carbocycles. The summed E-state index contributed by atoms with van der Waals surface area (Å²) in [6.07, 6.45) is 0.621. The Hall–Kier alpha value is -2.11. The van der Waals surface area contributed by atoms with E-state index in [2.05, 4.69) is 10.6 Å². The Balaban J connectivity index is 2.73. The maximum absolute atomic E-state index is 13.2. The molecule has 0 fully saturated rings. The summed E-state index contributed by atoms with van der Waals surface area (Å²) < 4.78 is 13.2. The lowest BCUT2D eigenvalue weighted by Crippen LogP contribution is -2.46. The van der Waals surface area contributed by atoms with Crippen molar-refractivity contribution in [2.24, 2.45) is 5.92 Å². The predicted octanol–water partition coefficient (Wildman–Crippen LogP) is 2.75. The fourth-order valence-corrected chi connectivity index (χ4v) is 1.80. The van der Waals surface area contributed by atoms with Crippen LogP contribution in [0.5, 0.6) is 0 Å². The molecule has 2 atom stereocenters. The third-order valence-electron chi connectivity index (χ3n) is 3.07. The van der Waals surface area contributed by atoms with Gasteiger partial charge in [0.2, 0.25) is 0 Å². The van der Waals surface area contributed by atoms with Crippen molar-refractivity contribution in [1.82, 2.24) is 5.32 Å². The van der Waals surface area contributed by atoms with Gasteiger partial charge in [0.15, 0.2) is 0 Å². The Morgan fingerprint density at radius 2 is 2.00 bits per heavy atom. The van der Waals surface area contributed by atoms with Crippen LogP contribution in [-0.4, -0.2) is 23.1 Å². The number of carbonyl (C=O) groups is 2. The van der Waals surface area contributed by atoms with Crippen LogP contribution in [0.1, 0.15) is 25.8 Å². The van der Waals surface area contributed by atoms with E-state index in [1.54, 1.807) is 19.9 Å². The number of amides is 2. The van der Waals surface area contributed by atoms with Crippen molar-refractivity contribution in [2.45, 2.75) is 33.2 Å². The number of anilines is 1. The third-order valence-corrected chi connectivity index (χ3v) is 3.07. The zero-order valence-corrected chi connectivity index (χ0v) is 11.7. The highest BCUT2D eigenvalue weighted by Gasteiger charge is 2.25. The summed E-state index contributed by atoms with van der Waals surface area (Å²) in [5.74, 6) is -1.76. The van der Waals surface area contributed by atoms with Gasteiger partial charge in [0.25, 0.3) is 0 Å². The third kappa shape index (κ3) is 4.53. The molecule has 2 amide bonds. The van der Waals surface area contributed by atoms with Crippen molar-refractivity contribution in [1.29, 1.82) is 0 Å². The minimum Gasteiger partial charge on any atom is -0.480 e. The lowest BCUT2D eigenvalue weighted by atomic mass is 9.99. The molecule has 0 bridgehead atoms. The number of benzene rings is 1. The van der Waals surface area contributed by atoms with Gasteiger partial charge in [-0.3, -0.25) is 0 Å². The SMILES string of the molecule is CCC(C)[C@H](NC(=O)Nc1cc(C)cc(F)c1)C(=O)O. The molecule has 0 aliphatic rings. The smallest absolute Gasteiger partial charge is 0.326 e. The first-order valence-corrected chi connectivity index (χ1v) is 6.41. The molecule has 1 aromatic carbocycles. The highest BCUT2D eigenvalue weighted by Crippen LogP contribution is 2.14. The normalized spacial score (nSPS) is 13.4. The fraction of sp³-hybridized carbons (Fsp3) is 0.429. The van der Waals surface area contributed by atoms with Gasteiger partial charge in [-0.1, -0.05) is 20.3 Å². The maximum atomic E-state index is 13.2. The number of nitrogens with one attached hydrogen (secondary N) is 2. The highest BCUT2D eigenvalue weighted by atomic mass is 19.1. The quantitative estimate of drug-likeness (QED) is 0.777. The van der Waals surface area contributed by atoms with Crippen LogP contribution < -0.4 is 10.6 Å². The Morgan fingerprint density at radius 1 is 1.35 bits per heavy atom. The van der Waals surface area contributed by atoms with Crippen molar-refractivity contribution >= 4 is 17.7 Å². The molecular formula is C14H19FN2O3. The molecule has 6 heteroatoms. The Labute approximate surface area is 117 Å². The van der Waals surface area contributed by atoms with Gasteiger partial charge < -0.3 is 15.7 Å². The number of carboxylic acid groups (broad SMARTS) is 1. The number of urea groups is 1. The summed E-state index contributed by atoms with van der Waals surface area (Å²) in [7, 11) is 0. The van der Waals surface area contributed by atoms with E-state index in [0.717, 1.165) is 0 Å². The lowest BCUT2D eigenvalue weighted by molar-refractivity contribution is -0.140. The van der Waals surface area contributed by atoms with Gasteiger partial charge in [-0.25, -0.2) is 14.0 Å². The molecule has 1 unspecified atom stereocenters. The van der Waals surface area contributed by atoms with E-state index in [1.165, 1.54) is 12.1 Å². The summed E-state index contributed by atoms with van der Waals surface area (Å²) in [6.45, 7) is 5.28. The number of hydrogen-bond donors (Lipinski definition) is 3. The number of carboxylic acids is 1. The zero-order chi connectivity index (χ0) is 15.3. The second-order valence-electron chi connectivity index (χ2n) is 4.82. The van der Waals surface area contributed by atoms with E-state index in [4.69, 9.17) is 5.11 Å². The molecule has 1 rings (SSSR count). The number of hydrogen-bond acceptors (Lipinski definition) is 2. The standard InChI is InChI=1S/C14H19FN2O3/c1-4-9(3)12(13(18)19)17-14(20)16-11-6-8(2)5-10(15)7-11/h5-7,9,12H,4H2,1-3H3,(H,18,19)(H2,16,17,20)/t9?,12-/m0/s1. The van der Waals surface area contributed by atoms with Gasteiger partial charge in [0.05, 0.1) is 0 Å². The Bertz CT molecular complexity index is 485. The van der Waals surface area contributed by atoms with Crippen molar-refractivity contribution in [3.8, 4) is 0 Å². The van der Waals surface area contributed by atoms with Gasteiger partial charge in [-0.05, 0) is 36.6 Å². The zero-order valence-electron chi connectivity index (χ0n) is 11.7. The molecule has 0 spiro atoms. The average Bonchev–Trinajstić information content (AvgIpc) is 2.33. The summed E-state index contributed by atoms with van der Waals surface area (Å²) in [5.41, 5.74) is 0.949. The van der Waals surface area contributed by atoms with Crippen molar-refractivity contribution in [3.05, 3.63) is 29.6 Å². The molecule has 3 N–H and O–H groups in total. The van der Waals surface area contributed by atoms with Crippen molar-refractivity contribution in [3.63, 3.8) is 0 Å². The monoisotopic (exact) mass is 282 g/mol. The second-order valence-corrected chi connectivity index (χ2v) is 4.82. The second kappa shape index (κ2) is 6.88. The van der Waals surface area contributed by atoms with Crippen LogP contribution in [0.4, 0.5) is 14.9 Å². The van der Waals surface area contributed by atoms with E-state index >= 15 is 0 Å². The number of rotatable bonds is 5. The minimum absolute atomic E-state index is 0.201. The molecule has 110 valence electrons. The van der Waals surface area contributed by atoms with Gasteiger partial charge in [0.1, 0.15) is 11.9 Å². The van der Waals surface area contributed by atoms with Crippen molar-refractivity contribution in [2.75, 3.05) is 5.32 Å². The molecule has 0 aliphatic heterocycles. The van der Waals surface area contributed by atoms with Crippen LogP contribution in [0.15, 0.2) is 18.2 Å². The van der Waals surface area contributed by atoms with Gasteiger partial charge in [-0.15, -0.1) is 0 Å². The molecule has 20 heavy (non-hydrogen) atoms. The number of halogens is 1. The van der Waals surface area contributed by atoms with Crippen molar-refractivity contribution < 1.29 is 19.1 Å². The summed E-state index contributed by atoms with van der Waals surface area (Å²) in [4.78, 5) is 22.9. The molecule has 1 aromatic rings. The van der Waals surface area contributed by atoms with Gasteiger partial charge >= 0.3 is 12.0 Å². The average molecular weight is 282 g/mol. The van der Waals surface area contributed by atoms with E-state index in [-0.39, 0.29) is 11.6 Å². The fourth-order valence-electron chi connectivity index (χ4n) is 1.80. The molecule has 0 heterocycles. The topological polar surface area (TPSA) is 78.4 Å². The van der Waals surface area contributed by atoms with Crippen LogP contribution in [0, 0.1) is 18.7 Å². The number of carbonyl (C=O) groups excluding carboxylic acids is 1. The first-order valence-electron chi connectivity index (χ1n) is 6.41. The first kappa shape index (κ1) is 15.9. The van der Waals surface area contributed by atoms with Crippen LogP contribution >= 0.6 is 0 Å². The molecule has 0 radical (unpaired) electrons. The van der Waals surface area contributed by atoms with Crippen LogP contribution in [0.2, 0.25) is 0 Å². The van der Waals surface area contributed by atoms with Crippen LogP contribution in [-0.2, 0) is 4.79 Å². The molecule has 5 nitrogen and oxygen atoms in total. The Kier molecular flexibility index (Phi) is 5.49. The lowest BCUT2D eigenvalue weighted by Gasteiger charge is -2.20. The van der Waals surface area contributed by atoms with E-state index in [1.807, 2.05) is 6.92 Å². The Morgan fingerprint density at radius 3 is 2.50 bits per heavy atom. The molecule has 0 aromatic heterocycles. The summed E-state index contributed by atoms with van der Waals surface area (Å²) in [6, 6.07) is 2.47. The maximum Gasteiger partial charge on any atom is 0.326 e. The molecule has 0 saturated heterocycles. The minimum atomic E-state index is -1.09. The van der Waals surface area contributed by atoms with E-state index in [9.17, 15) is 14.0 Å². The molecular weight excluding hydrogens is 263 g/mol. The summed E-state index contributed by atoms with van der Waals surface area (Å²) in [5, 5.41) is 13.9. The van der Waals surface area contributed by atoms with Crippen LogP contribution in [0.25, 0.3) is 0 Å². The largest absolute Gasteiger partial charge is 0.480 e. The highest BCUT2D eigenvalue weighted by molar-refractivity contribution is 5.92. The van der Waals surface area contributed by atoms with E-state index < -0.39 is 23.9 Å². The van der Waals surface area contributed by atoms with Gasteiger partial charge in [-0.2, -0.15) is 0 Å². The number of aliphatic carboxylic acids is 1. The first-order chi connectivity index (χ1) is 9.33. The molecule has 0 aliphatic carbocycles.